The fraction of sp³-hybridized carbons (Fsp3) is 0.619. The molecule has 1 aliphatic heterocycles. The maximum atomic E-state index is 12.9. The molecule has 29 heavy (non-hydrogen) atoms. The molecule has 7 nitrogen and oxygen atoms in total. The number of piperidine rings is 1. The fourth-order valence-electron chi connectivity index (χ4n) is 3.13. The third-order valence-corrected chi connectivity index (χ3v) is 7.14. The number of carbonyl (C=O) groups is 2. The van der Waals surface area contributed by atoms with Crippen molar-refractivity contribution in [2.45, 2.75) is 58.5 Å². The molecule has 1 unspecified atom stereocenters. The smallest absolute Gasteiger partial charge is 0.309 e. The fourth-order valence-corrected chi connectivity index (χ4v) is 4.68. The van der Waals surface area contributed by atoms with E-state index in [9.17, 15) is 18.0 Å². The zero-order valence-electron chi connectivity index (χ0n) is 17.9. The monoisotopic (exact) mass is 424 g/mol. The number of hydrogen-bond acceptors (Lipinski definition) is 5. The second kappa shape index (κ2) is 9.71. The van der Waals surface area contributed by atoms with Crippen LogP contribution in [0.2, 0.25) is 0 Å². The molecule has 8 heteroatoms. The van der Waals surface area contributed by atoms with Crippen molar-refractivity contribution in [2.24, 2.45) is 11.8 Å². The van der Waals surface area contributed by atoms with Gasteiger partial charge in [0.25, 0.3) is 5.91 Å². The minimum atomic E-state index is -3.59. The normalized spacial score (nSPS) is 17.2. The summed E-state index contributed by atoms with van der Waals surface area (Å²) in [6.45, 7) is 10.4. The summed E-state index contributed by atoms with van der Waals surface area (Å²) in [7, 11) is -3.59. The molecule has 0 bridgehead atoms. The van der Waals surface area contributed by atoms with Gasteiger partial charge in [0.05, 0.1) is 10.8 Å². The van der Waals surface area contributed by atoms with Gasteiger partial charge in [-0.1, -0.05) is 19.9 Å². The van der Waals surface area contributed by atoms with Gasteiger partial charge in [-0.3, -0.25) is 9.59 Å². The van der Waals surface area contributed by atoms with Gasteiger partial charge in [0.1, 0.15) is 0 Å². The molecule has 0 aliphatic carbocycles. The van der Waals surface area contributed by atoms with E-state index in [0.29, 0.717) is 25.3 Å². The van der Waals surface area contributed by atoms with Gasteiger partial charge in [-0.25, -0.2) is 8.42 Å². The van der Waals surface area contributed by atoms with Gasteiger partial charge in [0, 0.05) is 19.6 Å². The molecule has 1 heterocycles. The molecule has 1 amide bonds. The number of nitrogens with one attached hydrogen (secondary N) is 1. The Morgan fingerprint density at radius 1 is 1.14 bits per heavy atom. The minimum absolute atomic E-state index is 0.253. The summed E-state index contributed by atoms with van der Waals surface area (Å²) in [6, 6.07) is 5.11. The first-order valence-electron chi connectivity index (χ1n) is 10.1. The van der Waals surface area contributed by atoms with Crippen LogP contribution in [-0.4, -0.2) is 50.3 Å². The first kappa shape index (κ1) is 23.3. The lowest BCUT2D eigenvalue weighted by molar-refractivity contribution is -0.159. The van der Waals surface area contributed by atoms with Crippen LogP contribution in [0.3, 0.4) is 0 Å². The highest BCUT2D eigenvalue weighted by molar-refractivity contribution is 7.89. The molecule has 1 N–H and O–H groups in total. The van der Waals surface area contributed by atoms with Crippen LogP contribution in [0.4, 0.5) is 0 Å². The molecule has 1 atom stereocenters. The topological polar surface area (TPSA) is 92.8 Å². The third-order valence-electron chi connectivity index (χ3n) is 5.25. The van der Waals surface area contributed by atoms with E-state index in [2.05, 4.69) is 5.32 Å². The second-order valence-corrected chi connectivity index (χ2v) is 10.1. The molecular formula is C21H32N2O5S. The number of nitrogens with zero attached hydrogens (tertiary/aromatic N) is 1. The summed E-state index contributed by atoms with van der Waals surface area (Å²) in [6.07, 6.45) is -0.106. The van der Waals surface area contributed by atoms with Gasteiger partial charge in [0.15, 0.2) is 6.10 Å². The summed E-state index contributed by atoms with van der Waals surface area (Å²) in [5, 5.41) is 2.74. The lowest BCUT2D eigenvalue weighted by atomic mass is 9.98. The van der Waals surface area contributed by atoms with Gasteiger partial charge in [-0.2, -0.15) is 4.31 Å². The summed E-state index contributed by atoms with van der Waals surface area (Å²) in [4.78, 5) is 24.6. The number of amides is 1. The van der Waals surface area contributed by atoms with Gasteiger partial charge in [0.2, 0.25) is 10.0 Å². The van der Waals surface area contributed by atoms with Crippen molar-refractivity contribution in [1.82, 2.24) is 9.62 Å². The Balaban J connectivity index is 1.91. The van der Waals surface area contributed by atoms with Crippen LogP contribution in [0.25, 0.3) is 0 Å². The summed E-state index contributed by atoms with van der Waals surface area (Å²) in [5.74, 6) is -0.853. The Bertz CT molecular complexity index is 843. The molecule has 1 aromatic carbocycles. The average Bonchev–Trinajstić information content (AvgIpc) is 2.67. The quantitative estimate of drug-likeness (QED) is 0.679. The van der Waals surface area contributed by atoms with Gasteiger partial charge >= 0.3 is 5.97 Å². The molecule has 1 saturated heterocycles. The maximum absolute atomic E-state index is 12.9. The van der Waals surface area contributed by atoms with Crippen molar-refractivity contribution in [3.8, 4) is 0 Å². The summed E-state index contributed by atoms with van der Waals surface area (Å²) < 4.78 is 32.5. The van der Waals surface area contributed by atoms with Crippen molar-refractivity contribution >= 4 is 21.9 Å². The number of ether oxygens (including phenoxy) is 1. The predicted molar refractivity (Wildman–Crippen MR) is 111 cm³/mol. The number of esters is 1. The molecule has 0 radical (unpaired) electrons. The van der Waals surface area contributed by atoms with E-state index in [1.807, 2.05) is 27.7 Å². The highest BCUT2D eigenvalue weighted by atomic mass is 32.2. The summed E-state index contributed by atoms with van der Waals surface area (Å²) >= 11 is 0. The van der Waals surface area contributed by atoms with E-state index < -0.39 is 28.0 Å². The van der Waals surface area contributed by atoms with Crippen molar-refractivity contribution in [3.05, 3.63) is 29.3 Å². The Labute approximate surface area is 173 Å². The molecular weight excluding hydrogens is 392 g/mol. The molecule has 1 aliphatic rings. The predicted octanol–water partition coefficient (Wildman–Crippen LogP) is 2.41. The average molecular weight is 425 g/mol. The van der Waals surface area contributed by atoms with E-state index in [0.717, 1.165) is 11.1 Å². The van der Waals surface area contributed by atoms with Crippen LogP contribution in [0, 0.1) is 25.7 Å². The van der Waals surface area contributed by atoms with Gasteiger partial charge in [-0.05, 0) is 62.8 Å². The molecule has 0 spiro atoms. The van der Waals surface area contributed by atoms with Crippen LogP contribution in [-0.2, 0) is 24.3 Å². The number of hydrogen-bond donors (Lipinski definition) is 1. The molecule has 2 rings (SSSR count). The molecule has 0 saturated carbocycles. The first-order chi connectivity index (χ1) is 13.5. The maximum Gasteiger partial charge on any atom is 0.309 e. The van der Waals surface area contributed by atoms with Crippen LogP contribution in [0.5, 0.6) is 0 Å². The summed E-state index contributed by atoms with van der Waals surface area (Å²) in [5.41, 5.74) is 1.96. The van der Waals surface area contributed by atoms with Crippen molar-refractivity contribution < 1.29 is 22.7 Å². The minimum Gasteiger partial charge on any atom is -0.452 e. The van der Waals surface area contributed by atoms with E-state index in [1.165, 1.54) is 4.31 Å². The van der Waals surface area contributed by atoms with Gasteiger partial charge < -0.3 is 10.1 Å². The zero-order chi connectivity index (χ0) is 21.8. The second-order valence-electron chi connectivity index (χ2n) is 8.14. The van der Waals surface area contributed by atoms with Crippen molar-refractivity contribution in [1.29, 1.82) is 0 Å². The van der Waals surface area contributed by atoms with Crippen LogP contribution in [0.1, 0.15) is 44.7 Å². The van der Waals surface area contributed by atoms with Gasteiger partial charge in [-0.15, -0.1) is 0 Å². The van der Waals surface area contributed by atoms with E-state index in [4.69, 9.17) is 4.74 Å². The number of rotatable bonds is 7. The third kappa shape index (κ3) is 6.02. The van der Waals surface area contributed by atoms with Crippen molar-refractivity contribution in [3.63, 3.8) is 0 Å². The highest BCUT2D eigenvalue weighted by Gasteiger charge is 2.34. The number of benzene rings is 1. The van der Waals surface area contributed by atoms with Crippen LogP contribution in [0.15, 0.2) is 23.1 Å². The lowest BCUT2D eigenvalue weighted by Gasteiger charge is -2.30. The Hall–Kier alpha value is -1.93. The SMILES string of the molecule is Cc1ccc(S(=O)(=O)N2CCC(C(=O)OC(C)C(=O)NCC(C)C)CC2)cc1C. The van der Waals surface area contributed by atoms with Crippen LogP contribution >= 0.6 is 0 Å². The van der Waals surface area contributed by atoms with E-state index >= 15 is 0 Å². The Morgan fingerprint density at radius 3 is 2.31 bits per heavy atom. The number of sulfonamides is 1. The molecule has 0 aromatic heterocycles. The number of aryl methyl sites for hydroxylation is 2. The standard InChI is InChI=1S/C21H32N2O5S/c1-14(2)13-22-20(24)17(5)28-21(25)18-8-10-23(11-9-18)29(26,27)19-7-6-15(3)16(4)12-19/h6-7,12,14,17-18H,8-11,13H2,1-5H3,(H,22,24). The molecule has 1 aromatic rings. The van der Waals surface area contributed by atoms with E-state index in [1.54, 1.807) is 25.1 Å². The highest BCUT2D eigenvalue weighted by Crippen LogP contribution is 2.26. The zero-order valence-corrected chi connectivity index (χ0v) is 18.7. The first-order valence-corrected chi connectivity index (χ1v) is 11.5. The lowest BCUT2D eigenvalue weighted by Crippen LogP contribution is -2.42. The van der Waals surface area contributed by atoms with Crippen LogP contribution < -0.4 is 5.32 Å². The molecule has 162 valence electrons. The Kier molecular flexibility index (Phi) is 7.82. The Morgan fingerprint density at radius 2 is 1.76 bits per heavy atom. The number of carbonyl (C=O) groups excluding carboxylic acids is 2. The molecule has 1 fully saturated rings. The largest absolute Gasteiger partial charge is 0.452 e. The van der Waals surface area contributed by atoms with E-state index in [-0.39, 0.29) is 23.9 Å². The van der Waals surface area contributed by atoms with Crippen molar-refractivity contribution in [2.75, 3.05) is 19.6 Å².